The molecular formula is C21H16ClNO2S2. The second-order valence-corrected chi connectivity index (χ2v) is 8.92. The number of para-hydroxylation sites is 1. The Bertz CT molecular complexity index is 933. The molecule has 2 aromatic carbocycles. The van der Waals surface area contributed by atoms with Crippen molar-refractivity contribution in [2.24, 2.45) is 0 Å². The molecule has 4 rings (SSSR count). The van der Waals surface area contributed by atoms with Gasteiger partial charge < -0.3 is 0 Å². The van der Waals surface area contributed by atoms with Crippen molar-refractivity contribution in [3.63, 3.8) is 0 Å². The monoisotopic (exact) mass is 413 g/mol. The average Bonchev–Trinajstić information content (AvgIpc) is 3.23. The second kappa shape index (κ2) is 7.97. The zero-order chi connectivity index (χ0) is 18.8. The van der Waals surface area contributed by atoms with E-state index in [-0.39, 0.29) is 10.9 Å². The van der Waals surface area contributed by atoms with Crippen LogP contribution in [0.1, 0.15) is 11.6 Å². The fourth-order valence-corrected chi connectivity index (χ4v) is 6.28. The number of halogens is 1. The first-order valence-electron chi connectivity index (χ1n) is 8.51. The van der Waals surface area contributed by atoms with Gasteiger partial charge in [-0.25, -0.2) is 0 Å². The van der Waals surface area contributed by atoms with Gasteiger partial charge in [0, 0.05) is 22.8 Å². The van der Waals surface area contributed by atoms with Gasteiger partial charge in [0.25, 0.3) is 5.91 Å². The number of hydrogen-bond acceptors (Lipinski definition) is 4. The van der Waals surface area contributed by atoms with Crippen LogP contribution in [0, 0.1) is 0 Å². The van der Waals surface area contributed by atoms with Crippen LogP contribution >= 0.6 is 35.1 Å². The number of amides is 1. The van der Waals surface area contributed by atoms with E-state index in [1.807, 2.05) is 60.7 Å². The summed E-state index contributed by atoms with van der Waals surface area (Å²) in [5.41, 5.74) is 2.46. The Balaban J connectivity index is 1.98. The van der Waals surface area contributed by atoms with Crippen LogP contribution < -0.4 is 4.90 Å². The SMILES string of the molecule is O=CC1=C(Cl)C(=C2SCCS2)C(=O)N(c2ccccc2)C1c1ccccc1. The lowest BCUT2D eigenvalue weighted by atomic mass is 9.91. The van der Waals surface area contributed by atoms with E-state index in [1.165, 1.54) is 0 Å². The smallest absolute Gasteiger partial charge is 0.262 e. The fourth-order valence-electron chi connectivity index (χ4n) is 3.30. The molecule has 6 heteroatoms. The number of carbonyl (C=O) groups excluding carboxylic acids is 2. The lowest BCUT2D eigenvalue weighted by molar-refractivity contribution is -0.115. The predicted octanol–water partition coefficient (Wildman–Crippen LogP) is 5.16. The number of rotatable bonds is 3. The highest BCUT2D eigenvalue weighted by molar-refractivity contribution is 8.25. The third-order valence-electron chi connectivity index (χ3n) is 4.49. The number of thioether (sulfide) groups is 2. The predicted molar refractivity (Wildman–Crippen MR) is 114 cm³/mol. The van der Waals surface area contributed by atoms with E-state index in [1.54, 1.807) is 28.4 Å². The van der Waals surface area contributed by atoms with Crippen LogP contribution in [-0.2, 0) is 9.59 Å². The summed E-state index contributed by atoms with van der Waals surface area (Å²) >= 11 is 9.88. The Kier molecular flexibility index (Phi) is 5.43. The standard InChI is InChI=1S/C21H16ClNO2S2/c22-18-16(13-24)19(14-7-3-1-4-8-14)23(15-9-5-2-6-10-15)20(25)17(18)21-26-11-12-27-21/h1-10,13,19H,11-12H2. The summed E-state index contributed by atoms with van der Waals surface area (Å²) in [7, 11) is 0. The van der Waals surface area contributed by atoms with Gasteiger partial charge in [-0.3, -0.25) is 14.5 Å². The first-order chi connectivity index (χ1) is 13.2. The van der Waals surface area contributed by atoms with Crippen molar-refractivity contribution >= 4 is 53.0 Å². The van der Waals surface area contributed by atoms with E-state index < -0.39 is 6.04 Å². The minimum atomic E-state index is -0.549. The number of carbonyl (C=O) groups is 2. The third kappa shape index (κ3) is 3.35. The lowest BCUT2D eigenvalue weighted by Crippen LogP contribution is -2.41. The molecule has 0 bridgehead atoms. The number of nitrogens with zero attached hydrogens (tertiary/aromatic N) is 1. The van der Waals surface area contributed by atoms with Crippen molar-refractivity contribution in [3.05, 3.63) is 86.6 Å². The topological polar surface area (TPSA) is 37.4 Å². The summed E-state index contributed by atoms with van der Waals surface area (Å²) in [6, 6.07) is 18.4. The summed E-state index contributed by atoms with van der Waals surface area (Å²) < 4.78 is 0.900. The van der Waals surface area contributed by atoms with Crippen molar-refractivity contribution in [1.29, 1.82) is 0 Å². The lowest BCUT2D eigenvalue weighted by Gasteiger charge is -2.37. The number of anilines is 1. The van der Waals surface area contributed by atoms with Crippen LogP contribution in [-0.4, -0.2) is 23.7 Å². The Morgan fingerprint density at radius 3 is 2.15 bits per heavy atom. The average molecular weight is 414 g/mol. The van der Waals surface area contributed by atoms with E-state index in [4.69, 9.17) is 11.6 Å². The molecule has 2 aromatic rings. The molecular weight excluding hydrogens is 398 g/mol. The number of aldehydes is 1. The minimum absolute atomic E-state index is 0.164. The maximum Gasteiger partial charge on any atom is 0.262 e. The second-order valence-electron chi connectivity index (χ2n) is 6.07. The molecule has 1 amide bonds. The molecule has 0 aliphatic carbocycles. The van der Waals surface area contributed by atoms with Crippen molar-refractivity contribution in [1.82, 2.24) is 0 Å². The van der Waals surface area contributed by atoms with Crippen LogP contribution in [0.5, 0.6) is 0 Å². The largest absolute Gasteiger partial charge is 0.298 e. The van der Waals surface area contributed by atoms with Gasteiger partial charge in [-0.15, -0.1) is 23.5 Å². The van der Waals surface area contributed by atoms with E-state index >= 15 is 0 Å². The molecule has 0 radical (unpaired) electrons. The molecule has 1 atom stereocenters. The molecule has 27 heavy (non-hydrogen) atoms. The van der Waals surface area contributed by atoms with Crippen molar-refractivity contribution in [2.75, 3.05) is 16.4 Å². The summed E-state index contributed by atoms with van der Waals surface area (Å²) in [4.78, 5) is 27.3. The van der Waals surface area contributed by atoms with Gasteiger partial charge in [0.05, 0.1) is 20.9 Å². The molecule has 0 saturated carbocycles. The molecule has 0 aromatic heterocycles. The number of hydrogen-bond donors (Lipinski definition) is 0. The Morgan fingerprint density at radius 1 is 0.963 bits per heavy atom. The fraction of sp³-hybridized carbons (Fsp3) is 0.143. The van der Waals surface area contributed by atoms with E-state index in [0.29, 0.717) is 11.1 Å². The maximum absolute atomic E-state index is 13.6. The first kappa shape index (κ1) is 18.4. The number of benzene rings is 2. The highest BCUT2D eigenvalue weighted by atomic mass is 35.5. The molecule has 0 N–H and O–H groups in total. The van der Waals surface area contributed by atoms with Gasteiger partial charge in [-0.05, 0) is 17.7 Å². The molecule has 1 fully saturated rings. The van der Waals surface area contributed by atoms with Gasteiger partial charge in [0.15, 0.2) is 0 Å². The zero-order valence-electron chi connectivity index (χ0n) is 14.3. The first-order valence-corrected chi connectivity index (χ1v) is 10.9. The van der Waals surface area contributed by atoms with Gasteiger partial charge in [-0.1, -0.05) is 60.1 Å². The Hall–Kier alpha value is -1.95. The highest BCUT2D eigenvalue weighted by Crippen LogP contribution is 2.48. The zero-order valence-corrected chi connectivity index (χ0v) is 16.7. The van der Waals surface area contributed by atoms with E-state index in [9.17, 15) is 9.59 Å². The Labute approximate surface area is 171 Å². The third-order valence-corrected chi connectivity index (χ3v) is 7.61. The normalized spacial score (nSPS) is 20.4. The molecule has 2 aliphatic heterocycles. The maximum atomic E-state index is 13.6. The molecule has 2 heterocycles. The minimum Gasteiger partial charge on any atom is -0.298 e. The molecule has 3 nitrogen and oxygen atoms in total. The molecule has 2 aliphatic rings. The van der Waals surface area contributed by atoms with E-state index in [0.717, 1.165) is 33.3 Å². The van der Waals surface area contributed by atoms with Crippen LogP contribution in [0.4, 0.5) is 5.69 Å². The van der Waals surface area contributed by atoms with Crippen molar-refractivity contribution < 1.29 is 9.59 Å². The summed E-state index contributed by atoms with van der Waals surface area (Å²) in [6.07, 6.45) is 0.785. The van der Waals surface area contributed by atoms with Gasteiger partial charge >= 0.3 is 0 Å². The molecule has 0 spiro atoms. The molecule has 1 saturated heterocycles. The summed E-state index contributed by atoms with van der Waals surface area (Å²) in [6.45, 7) is 0. The van der Waals surface area contributed by atoms with Crippen LogP contribution in [0.2, 0.25) is 0 Å². The molecule has 1 unspecified atom stereocenters. The van der Waals surface area contributed by atoms with Crippen LogP contribution in [0.15, 0.2) is 81.1 Å². The van der Waals surface area contributed by atoms with Crippen LogP contribution in [0.25, 0.3) is 0 Å². The van der Waals surface area contributed by atoms with Gasteiger partial charge in [-0.2, -0.15) is 0 Å². The van der Waals surface area contributed by atoms with Crippen LogP contribution in [0.3, 0.4) is 0 Å². The Morgan fingerprint density at radius 2 is 1.56 bits per heavy atom. The van der Waals surface area contributed by atoms with Crippen molar-refractivity contribution in [2.45, 2.75) is 6.04 Å². The quantitative estimate of drug-likeness (QED) is 0.514. The summed E-state index contributed by atoms with van der Waals surface area (Å²) in [5, 5.41) is 0.271. The van der Waals surface area contributed by atoms with Crippen molar-refractivity contribution in [3.8, 4) is 0 Å². The van der Waals surface area contributed by atoms with Gasteiger partial charge in [0.2, 0.25) is 0 Å². The highest BCUT2D eigenvalue weighted by Gasteiger charge is 2.41. The van der Waals surface area contributed by atoms with Gasteiger partial charge in [0.1, 0.15) is 6.29 Å². The molecule has 136 valence electrons. The summed E-state index contributed by atoms with van der Waals surface area (Å²) in [5.74, 6) is 1.71. The van der Waals surface area contributed by atoms with E-state index in [2.05, 4.69) is 0 Å².